The zero-order valence-electron chi connectivity index (χ0n) is 11.1. The maximum absolute atomic E-state index is 11.2. The molecule has 2 atom stereocenters. The van der Waals surface area contributed by atoms with Crippen molar-refractivity contribution in [3.05, 3.63) is 0 Å². The van der Waals surface area contributed by atoms with Crippen molar-refractivity contribution in [3.8, 4) is 0 Å². The largest absolute Gasteiger partial charge is 0.481 e. The Hall–Kier alpha value is -0.883. The molecule has 0 spiro atoms. The second-order valence-corrected chi connectivity index (χ2v) is 7.88. The number of carbonyl (C=O) groups is 2. The van der Waals surface area contributed by atoms with E-state index in [0.717, 1.165) is 0 Å². The molecular weight excluding hydrogens is 240 g/mol. The van der Waals surface area contributed by atoms with Crippen molar-refractivity contribution < 1.29 is 24.2 Å². The lowest BCUT2D eigenvalue weighted by atomic mass is 9.75. The van der Waals surface area contributed by atoms with Crippen LogP contribution in [-0.2, 0) is 14.0 Å². The standard InChI is InChI=1S/C11H22O5Si/c1-11(2,3)7(6-8(12)13)9(10(14)15)16-17(4)5/h7,9,17H,6H2,1-5H3,(H,12,13)(H,14,15). The van der Waals surface area contributed by atoms with Gasteiger partial charge in [0, 0.05) is 5.92 Å². The second kappa shape index (κ2) is 6.16. The number of hydrogen-bond donors (Lipinski definition) is 2. The maximum Gasteiger partial charge on any atom is 0.331 e. The zero-order valence-corrected chi connectivity index (χ0v) is 12.2. The van der Waals surface area contributed by atoms with Gasteiger partial charge in [0.05, 0.1) is 6.42 Å². The van der Waals surface area contributed by atoms with Gasteiger partial charge in [0.1, 0.15) is 6.10 Å². The summed E-state index contributed by atoms with van der Waals surface area (Å²) in [5, 5.41) is 18.0. The van der Waals surface area contributed by atoms with Crippen molar-refractivity contribution in [1.29, 1.82) is 0 Å². The van der Waals surface area contributed by atoms with Crippen LogP contribution < -0.4 is 0 Å². The van der Waals surface area contributed by atoms with E-state index >= 15 is 0 Å². The van der Waals surface area contributed by atoms with E-state index in [9.17, 15) is 14.7 Å². The van der Waals surface area contributed by atoms with Gasteiger partial charge in [-0.25, -0.2) is 4.79 Å². The highest BCUT2D eigenvalue weighted by molar-refractivity contribution is 6.48. The molecule has 17 heavy (non-hydrogen) atoms. The van der Waals surface area contributed by atoms with E-state index in [1.54, 1.807) is 0 Å². The highest BCUT2D eigenvalue weighted by atomic mass is 28.3. The van der Waals surface area contributed by atoms with Crippen molar-refractivity contribution in [2.24, 2.45) is 11.3 Å². The summed E-state index contributed by atoms with van der Waals surface area (Å²) in [6.07, 6.45) is -1.22. The summed E-state index contributed by atoms with van der Waals surface area (Å²) in [5.74, 6) is -2.61. The van der Waals surface area contributed by atoms with Crippen molar-refractivity contribution in [2.75, 3.05) is 0 Å². The minimum Gasteiger partial charge on any atom is -0.481 e. The van der Waals surface area contributed by atoms with Gasteiger partial charge < -0.3 is 14.6 Å². The van der Waals surface area contributed by atoms with Crippen LogP contribution in [0.15, 0.2) is 0 Å². The molecule has 0 bridgehead atoms. The molecule has 6 heteroatoms. The maximum atomic E-state index is 11.2. The van der Waals surface area contributed by atoms with E-state index in [2.05, 4.69) is 0 Å². The van der Waals surface area contributed by atoms with Crippen LogP contribution in [0.25, 0.3) is 0 Å². The first-order chi connectivity index (χ1) is 7.55. The van der Waals surface area contributed by atoms with Gasteiger partial charge in [-0.15, -0.1) is 0 Å². The molecule has 2 N–H and O–H groups in total. The van der Waals surface area contributed by atoms with E-state index in [4.69, 9.17) is 9.53 Å². The molecule has 0 saturated carbocycles. The molecule has 0 aliphatic carbocycles. The second-order valence-electron chi connectivity index (χ2n) is 5.51. The van der Waals surface area contributed by atoms with Crippen LogP contribution in [0.5, 0.6) is 0 Å². The fourth-order valence-corrected chi connectivity index (χ4v) is 2.57. The summed E-state index contributed by atoms with van der Waals surface area (Å²) in [7, 11) is -1.53. The molecule has 0 heterocycles. The summed E-state index contributed by atoms with van der Waals surface area (Å²) in [6.45, 7) is 9.25. The molecule has 0 saturated heterocycles. The van der Waals surface area contributed by atoms with Crippen LogP contribution in [0.2, 0.25) is 13.1 Å². The minimum atomic E-state index is -1.53. The topological polar surface area (TPSA) is 83.8 Å². The van der Waals surface area contributed by atoms with Crippen molar-refractivity contribution in [2.45, 2.75) is 46.4 Å². The van der Waals surface area contributed by atoms with Crippen molar-refractivity contribution >= 4 is 21.0 Å². The van der Waals surface area contributed by atoms with Crippen LogP contribution in [0.4, 0.5) is 0 Å². The van der Waals surface area contributed by atoms with Crippen LogP contribution in [-0.4, -0.2) is 37.3 Å². The molecule has 0 rings (SSSR count). The predicted octanol–water partition coefficient (Wildman–Crippen LogP) is 1.58. The van der Waals surface area contributed by atoms with E-state index in [0.29, 0.717) is 0 Å². The van der Waals surface area contributed by atoms with Gasteiger partial charge in [-0.3, -0.25) is 4.79 Å². The average Bonchev–Trinajstić information content (AvgIpc) is 2.07. The number of carboxylic acid groups (broad SMARTS) is 2. The fourth-order valence-electron chi connectivity index (χ4n) is 1.67. The Morgan fingerprint density at radius 2 is 1.71 bits per heavy atom. The summed E-state index contributed by atoms with van der Waals surface area (Å²) >= 11 is 0. The first-order valence-corrected chi connectivity index (χ1v) is 8.43. The summed E-state index contributed by atoms with van der Waals surface area (Å²) in [6, 6.07) is 0. The van der Waals surface area contributed by atoms with Gasteiger partial charge in [0.2, 0.25) is 0 Å². The zero-order chi connectivity index (χ0) is 13.8. The van der Waals surface area contributed by atoms with Gasteiger partial charge >= 0.3 is 11.9 Å². The Morgan fingerprint density at radius 3 is 1.94 bits per heavy atom. The van der Waals surface area contributed by atoms with Gasteiger partial charge in [-0.1, -0.05) is 20.8 Å². The van der Waals surface area contributed by atoms with E-state index in [1.807, 2.05) is 33.9 Å². The van der Waals surface area contributed by atoms with Crippen molar-refractivity contribution in [1.82, 2.24) is 0 Å². The highest BCUT2D eigenvalue weighted by Crippen LogP contribution is 2.33. The first kappa shape index (κ1) is 16.1. The molecule has 0 aromatic rings. The molecule has 5 nitrogen and oxygen atoms in total. The van der Waals surface area contributed by atoms with Crippen LogP contribution in [0.3, 0.4) is 0 Å². The average molecular weight is 262 g/mol. The SMILES string of the molecule is C[SiH](C)OC(C(=O)O)C(CC(=O)O)C(C)(C)C. The Bertz CT molecular complexity index is 282. The number of carboxylic acids is 2. The lowest BCUT2D eigenvalue weighted by Gasteiger charge is -2.34. The van der Waals surface area contributed by atoms with Crippen LogP contribution in [0.1, 0.15) is 27.2 Å². The van der Waals surface area contributed by atoms with Crippen LogP contribution in [0, 0.1) is 11.3 Å². The van der Waals surface area contributed by atoms with E-state index in [1.165, 1.54) is 0 Å². The number of rotatable bonds is 6. The molecule has 0 aliphatic heterocycles. The van der Waals surface area contributed by atoms with Gasteiger partial charge in [-0.2, -0.15) is 0 Å². The lowest BCUT2D eigenvalue weighted by molar-refractivity contribution is -0.153. The monoisotopic (exact) mass is 262 g/mol. The van der Waals surface area contributed by atoms with Crippen molar-refractivity contribution in [3.63, 3.8) is 0 Å². The van der Waals surface area contributed by atoms with E-state index in [-0.39, 0.29) is 6.42 Å². The Kier molecular flexibility index (Phi) is 5.84. The molecule has 0 amide bonds. The Balaban J connectivity index is 5.07. The number of hydrogen-bond acceptors (Lipinski definition) is 3. The third kappa shape index (κ3) is 5.83. The molecule has 0 aliphatic rings. The third-order valence-electron chi connectivity index (χ3n) is 2.53. The van der Waals surface area contributed by atoms with Gasteiger partial charge in [0.25, 0.3) is 0 Å². The number of aliphatic carboxylic acids is 2. The van der Waals surface area contributed by atoms with E-state index < -0.39 is 38.4 Å². The lowest BCUT2D eigenvalue weighted by Crippen LogP contribution is -2.43. The summed E-state index contributed by atoms with van der Waals surface area (Å²) in [4.78, 5) is 22.0. The normalized spacial score (nSPS) is 15.6. The molecule has 100 valence electrons. The Morgan fingerprint density at radius 1 is 1.24 bits per heavy atom. The quantitative estimate of drug-likeness (QED) is 0.710. The first-order valence-electron chi connectivity index (χ1n) is 5.65. The smallest absolute Gasteiger partial charge is 0.331 e. The summed E-state index contributed by atoms with van der Waals surface area (Å²) in [5.41, 5.74) is -0.426. The van der Waals surface area contributed by atoms with Gasteiger partial charge in [-0.05, 0) is 18.5 Å². The molecule has 0 radical (unpaired) electrons. The Labute approximate surface area is 104 Å². The molecule has 2 unspecified atom stereocenters. The predicted molar refractivity (Wildman–Crippen MR) is 66.6 cm³/mol. The minimum absolute atomic E-state index is 0.193. The van der Waals surface area contributed by atoms with Gasteiger partial charge in [0.15, 0.2) is 9.04 Å². The summed E-state index contributed by atoms with van der Waals surface area (Å²) < 4.78 is 5.48. The highest BCUT2D eigenvalue weighted by Gasteiger charge is 2.39. The van der Waals surface area contributed by atoms with Crippen LogP contribution >= 0.6 is 0 Å². The molecule has 0 fully saturated rings. The molecule has 0 aromatic carbocycles. The third-order valence-corrected chi connectivity index (χ3v) is 3.37. The molecule has 0 aromatic heterocycles. The molecular formula is C11H22O5Si. The fraction of sp³-hybridized carbons (Fsp3) is 0.818.